The Bertz CT molecular complexity index is 493. The van der Waals surface area contributed by atoms with Crippen molar-refractivity contribution < 1.29 is 27.9 Å². The van der Waals surface area contributed by atoms with E-state index < -0.39 is 30.0 Å². The van der Waals surface area contributed by atoms with Crippen molar-refractivity contribution in [1.82, 2.24) is 5.32 Å². The van der Waals surface area contributed by atoms with Gasteiger partial charge < -0.3 is 10.4 Å². The van der Waals surface area contributed by atoms with Gasteiger partial charge in [0, 0.05) is 0 Å². The van der Waals surface area contributed by atoms with Crippen molar-refractivity contribution in [3.8, 4) is 0 Å². The van der Waals surface area contributed by atoms with Crippen LogP contribution in [0.15, 0.2) is 30.3 Å². The zero-order valence-electron chi connectivity index (χ0n) is 10.8. The van der Waals surface area contributed by atoms with Gasteiger partial charge in [0.15, 0.2) is 5.92 Å². The number of halogens is 3. The molecule has 1 aromatic carbocycles. The minimum atomic E-state index is -4.81. The molecule has 0 aliphatic heterocycles. The highest BCUT2D eigenvalue weighted by Crippen LogP contribution is 2.35. The monoisotopic (exact) mass is 321 g/mol. The lowest BCUT2D eigenvalue weighted by Gasteiger charge is -2.22. The molecular weight excluding hydrogens is 307 g/mol. The number of rotatable bonds is 6. The predicted octanol–water partition coefficient (Wildman–Crippen LogP) is 2.22. The van der Waals surface area contributed by atoms with Crippen molar-refractivity contribution in [2.75, 3.05) is 5.75 Å². The Hall–Kier alpha value is -1.70. The summed E-state index contributed by atoms with van der Waals surface area (Å²) >= 11 is 3.82. The lowest BCUT2D eigenvalue weighted by atomic mass is 9.97. The number of thiol groups is 1. The van der Waals surface area contributed by atoms with E-state index in [2.05, 4.69) is 12.6 Å². The first-order valence-electron chi connectivity index (χ1n) is 6.03. The number of carboxylic acid groups (broad SMARTS) is 1. The first kappa shape index (κ1) is 17.4. The third kappa shape index (κ3) is 4.96. The molecular formula is C13H14F3NO3S. The van der Waals surface area contributed by atoms with E-state index in [9.17, 15) is 22.8 Å². The summed E-state index contributed by atoms with van der Waals surface area (Å²) in [4.78, 5) is 22.8. The molecule has 0 aliphatic rings. The summed E-state index contributed by atoms with van der Waals surface area (Å²) in [6, 6.07) is 5.23. The van der Waals surface area contributed by atoms with Crippen LogP contribution in [0.3, 0.4) is 0 Å². The normalized spacial score (nSPS) is 14.3. The second-order valence-electron chi connectivity index (χ2n) is 4.30. The van der Waals surface area contributed by atoms with Gasteiger partial charge in [-0.3, -0.25) is 4.79 Å². The fraction of sp³-hybridized carbons (Fsp3) is 0.385. The van der Waals surface area contributed by atoms with Crippen LogP contribution in [0.5, 0.6) is 0 Å². The molecule has 0 aromatic heterocycles. The molecule has 1 aromatic rings. The van der Waals surface area contributed by atoms with Gasteiger partial charge >= 0.3 is 12.1 Å². The zero-order chi connectivity index (χ0) is 16.0. The number of alkyl halides is 3. The number of carboxylic acids is 1. The molecule has 4 nitrogen and oxygen atoms in total. The van der Waals surface area contributed by atoms with Crippen LogP contribution in [0.25, 0.3) is 0 Å². The second-order valence-corrected chi connectivity index (χ2v) is 4.74. The van der Waals surface area contributed by atoms with E-state index >= 15 is 0 Å². The summed E-state index contributed by atoms with van der Waals surface area (Å²) < 4.78 is 39.2. The van der Waals surface area contributed by atoms with E-state index in [1.165, 1.54) is 30.3 Å². The number of aliphatic carboxylic acids is 1. The summed E-state index contributed by atoms with van der Waals surface area (Å²) in [5.41, 5.74) is -0.238. The topological polar surface area (TPSA) is 66.4 Å². The fourth-order valence-electron chi connectivity index (χ4n) is 1.78. The van der Waals surface area contributed by atoms with Gasteiger partial charge in [0.05, 0.1) is 0 Å². The van der Waals surface area contributed by atoms with Gasteiger partial charge in [-0.05, 0) is 17.7 Å². The van der Waals surface area contributed by atoms with Crippen LogP contribution in [0.4, 0.5) is 13.2 Å². The molecule has 1 rings (SSSR count). The lowest BCUT2D eigenvalue weighted by molar-refractivity contribution is -0.166. The van der Waals surface area contributed by atoms with Crippen LogP contribution in [-0.4, -0.2) is 35.0 Å². The number of benzene rings is 1. The average Bonchev–Trinajstić information content (AvgIpc) is 2.37. The number of hydrogen-bond acceptors (Lipinski definition) is 3. The summed E-state index contributed by atoms with van der Waals surface area (Å²) in [5.74, 6) is -5.06. The minimum Gasteiger partial charge on any atom is -0.480 e. The Morgan fingerprint density at radius 3 is 2.24 bits per heavy atom. The van der Waals surface area contributed by atoms with Crippen molar-refractivity contribution in [2.24, 2.45) is 0 Å². The van der Waals surface area contributed by atoms with E-state index in [1.54, 1.807) is 0 Å². The molecule has 0 spiro atoms. The second kappa shape index (κ2) is 7.35. The molecule has 0 bridgehead atoms. The number of hydrogen-bond donors (Lipinski definition) is 3. The highest BCUT2D eigenvalue weighted by atomic mass is 32.1. The van der Waals surface area contributed by atoms with E-state index in [0.29, 0.717) is 0 Å². The van der Waals surface area contributed by atoms with Crippen molar-refractivity contribution in [3.63, 3.8) is 0 Å². The first-order valence-corrected chi connectivity index (χ1v) is 6.66. The highest BCUT2D eigenvalue weighted by Gasteiger charge is 2.46. The SMILES string of the molecule is O=C(N[C@@H](CCS)C(=O)O)C(c1ccccc1)C(F)(F)F. The van der Waals surface area contributed by atoms with Gasteiger partial charge in [0.1, 0.15) is 6.04 Å². The smallest absolute Gasteiger partial charge is 0.404 e. The van der Waals surface area contributed by atoms with Gasteiger partial charge in [-0.25, -0.2) is 4.79 Å². The zero-order valence-corrected chi connectivity index (χ0v) is 11.7. The van der Waals surface area contributed by atoms with Crippen molar-refractivity contribution >= 4 is 24.5 Å². The minimum absolute atomic E-state index is 0.0659. The Balaban J connectivity index is 3.00. The summed E-state index contributed by atoms with van der Waals surface area (Å²) in [7, 11) is 0. The molecule has 0 radical (unpaired) electrons. The molecule has 0 aliphatic carbocycles. The molecule has 1 unspecified atom stereocenters. The predicted molar refractivity (Wildman–Crippen MR) is 73.3 cm³/mol. The number of carbonyl (C=O) groups excluding carboxylic acids is 1. The number of amides is 1. The Morgan fingerprint density at radius 2 is 1.81 bits per heavy atom. The molecule has 116 valence electrons. The van der Waals surface area contributed by atoms with Crippen LogP contribution in [0, 0.1) is 0 Å². The van der Waals surface area contributed by atoms with Crippen molar-refractivity contribution in [1.29, 1.82) is 0 Å². The third-order valence-corrected chi connectivity index (χ3v) is 3.01. The van der Waals surface area contributed by atoms with Crippen LogP contribution in [0.2, 0.25) is 0 Å². The van der Waals surface area contributed by atoms with Crippen LogP contribution < -0.4 is 5.32 Å². The molecule has 1 amide bonds. The van der Waals surface area contributed by atoms with Crippen LogP contribution in [-0.2, 0) is 9.59 Å². The molecule has 8 heteroatoms. The summed E-state index contributed by atoms with van der Waals surface area (Å²) in [6.45, 7) is 0. The standard InChI is InChI=1S/C13H14F3NO3S/c14-13(15,16)10(8-4-2-1-3-5-8)11(18)17-9(6-7-21)12(19)20/h1-5,9-10,21H,6-7H2,(H,17,18)(H,19,20)/t9-,10?/m0/s1. The van der Waals surface area contributed by atoms with Gasteiger partial charge in [0.2, 0.25) is 5.91 Å². The van der Waals surface area contributed by atoms with Gasteiger partial charge in [-0.1, -0.05) is 30.3 Å². The Morgan fingerprint density at radius 1 is 1.24 bits per heavy atom. The molecule has 0 heterocycles. The molecule has 0 saturated carbocycles. The van der Waals surface area contributed by atoms with Crippen LogP contribution >= 0.6 is 12.6 Å². The Labute approximate surface area is 124 Å². The molecule has 0 fully saturated rings. The maximum Gasteiger partial charge on any atom is 0.404 e. The maximum atomic E-state index is 13.1. The van der Waals surface area contributed by atoms with Gasteiger partial charge in [-0.2, -0.15) is 25.8 Å². The van der Waals surface area contributed by atoms with Crippen LogP contribution in [0.1, 0.15) is 17.9 Å². The summed E-state index contributed by atoms with van der Waals surface area (Å²) in [5, 5.41) is 10.8. The van der Waals surface area contributed by atoms with Crippen molar-refractivity contribution in [2.45, 2.75) is 24.6 Å². The maximum absolute atomic E-state index is 13.1. The van der Waals surface area contributed by atoms with E-state index in [1.807, 2.05) is 5.32 Å². The van der Waals surface area contributed by atoms with E-state index in [-0.39, 0.29) is 17.7 Å². The Kier molecular flexibility index (Phi) is 6.07. The average molecular weight is 321 g/mol. The fourth-order valence-corrected chi connectivity index (χ4v) is 2.03. The molecule has 2 atom stereocenters. The van der Waals surface area contributed by atoms with E-state index in [0.717, 1.165) is 0 Å². The summed E-state index contributed by atoms with van der Waals surface area (Å²) in [6.07, 6.45) is -4.88. The van der Waals surface area contributed by atoms with E-state index in [4.69, 9.17) is 5.11 Å². The number of nitrogens with one attached hydrogen (secondary N) is 1. The number of carbonyl (C=O) groups is 2. The molecule has 21 heavy (non-hydrogen) atoms. The molecule has 0 saturated heterocycles. The quantitative estimate of drug-likeness (QED) is 0.704. The highest BCUT2D eigenvalue weighted by molar-refractivity contribution is 7.80. The third-order valence-electron chi connectivity index (χ3n) is 2.75. The first-order chi connectivity index (χ1) is 9.77. The molecule has 2 N–H and O–H groups in total. The van der Waals surface area contributed by atoms with Gasteiger partial charge in [-0.15, -0.1) is 0 Å². The van der Waals surface area contributed by atoms with Crippen molar-refractivity contribution in [3.05, 3.63) is 35.9 Å². The largest absolute Gasteiger partial charge is 0.480 e. The lowest BCUT2D eigenvalue weighted by Crippen LogP contribution is -2.46. The van der Waals surface area contributed by atoms with Gasteiger partial charge in [0.25, 0.3) is 0 Å².